The summed E-state index contributed by atoms with van der Waals surface area (Å²) in [6.07, 6.45) is 2.11. The molecule has 1 heterocycles. The Kier molecular flexibility index (Phi) is 5.38. The molecule has 8 nitrogen and oxygen atoms in total. The molecule has 0 aromatic rings. The van der Waals surface area contributed by atoms with Crippen molar-refractivity contribution in [1.29, 1.82) is 0 Å². The van der Waals surface area contributed by atoms with E-state index in [0.717, 1.165) is 12.8 Å². The van der Waals surface area contributed by atoms with Crippen LogP contribution in [0.4, 0.5) is 4.79 Å². The lowest BCUT2D eigenvalue weighted by molar-refractivity contribution is -0.154. The van der Waals surface area contributed by atoms with Crippen molar-refractivity contribution >= 4 is 17.9 Å². The number of carboxylic acids is 1. The van der Waals surface area contributed by atoms with Crippen molar-refractivity contribution in [2.45, 2.75) is 37.8 Å². The Hall–Kier alpha value is -1.83. The van der Waals surface area contributed by atoms with E-state index in [1.165, 1.54) is 4.90 Å². The summed E-state index contributed by atoms with van der Waals surface area (Å²) in [5.41, 5.74) is 0. The van der Waals surface area contributed by atoms with Gasteiger partial charge in [0, 0.05) is 25.6 Å². The fraction of sp³-hybridized carbons (Fsp3) is 0.769. The van der Waals surface area contributed by atoms with Crippen LogP contribution in [0.2, 0.25) is 0 Å². The topological polar surface area (TPSA) is 108 Å². The first kappa shape index (κ1) is 15.6. The molecule has 1 saturated carbocycles. The van der Waals surface area contributed by atoms with E-state index in [9.17, 15) is 14.4 Å². The Balaban J connectivity index is 1.59. The van der Waals surface area contributed by atoms with Gasteiger partial charge in [-0.25, -0.2) is 9.59 Å². The molecule has 1 unspecified atom stereocenters. The van der Waals surface area contributed by atoms with Crippen LogP contribution in [0.1, 0.15) is 25.7 Å². The third-order valence-corrected chi connectivity index (χ3v) is 3.43. The van der Waals surface area contributed by atoms with Crippen molar-refractivity contribution in [2.75, 3.05) is 26.2 Å². The summed E-state index contributed by atoms with van der Waals surface area (Å²) < 4.78 is 5.05. The molecule has 1 atom stereocenters. The van der Waals surface area contributed by atoms with Gasteiger partial charge in [0.25, 0.3) is 0 Å². The van der Waals surface area contributed by atoms with E-state index in [0.29, 0.717) is 32.0 Å². The number of morpholine rings is 1. The van der Waals surface area contributed by atoms with Crippen LogP contribution < -0.4 is 10.6 Å². The van der Waals surface area contributed by atoms with Crippen molar-refractivity contribution in [2.24, 2.45) is 0 Å². The zero-order valence-electron chi connectivity index (χ0n) is 11.8. The fourth-order valence-corrected chi connectivity index (χ4v) is 2.07. The van der Waals surface area contributed by atoms with E-state index in [4.69, 9.17) is 9.84 Å². The van der Waals surface area contributed by atoms with Crippen LogP contribution >= 0.6 is 0 Å². The number of urea groups is 1. The number of nitrogens with zero attached hydrogens (tertiary/aromatic N) is 1. The molecule has 1 saturated heterocycles. The summed E-state index contributed by atoms with van der Waals surface area (Å²) in [6.45, 7) is 1.03. The van der Waals surface area contributed by atoms with Gasteiger partial charge in [0.1, 0.15) is 0 Å². The van der Waals surface area contributed by atoms with Crippen LogP contribution in [0.3, 0.4) is 0 Å². The third-order valence-electron chi connectivity index (χ3n) is 3.43. The van der Waals surface area contributed by atoms with Gasteiger partial charge in [0.15, 0.2) is 6.10 Å². The minimum atomic E-state index is -1.07. The Labute approximate surface area is 122 Å². The number of carbonyl (C=O) groups excluding carboxylic acids is 2. The highest BCUT2D eigenvalue weighted by Gasteiger charge is 2.28. The molecule has 8 heteroatoms. The van der Waals surface area contributed by atoms with E-state index in [1.54, 1.807) is 0 Å². The number of amides is 3. The van der Waals surface area contributed by atoms with Crippen LogP contribution in [0.25, 0.3) is 0 Å². The van der Waals surface area contributed by atoms with Crippen molar-refractivity contribution in [3.05, 3.63) is 0 Å². The predicted molar refractivity (Wildman–Crippen MR) is 72.7 cm³/mol. The Morgan fingerprint density at radius 2 is 2.05 bits per heavy atom. The largest absolute Gasteiger partial charge is 0.479 e. The summed E-state index contributed by atoms with van der Waals surface area (Å²) >= 11 is 0. The van der Waals surface area contributed by atoms with Crippen molar-refractivity contribution in [3.8, 4) is 0 Å². The van der Waals surface area contributed by atoms with Gasteiger partial charge >= 0.3 is 12.0 Å². The minimum Gasteiger partial charge on any atom is -0.479 e. The van der Waals surface area contributed by atoms with E-state index in [2.05, 4.69) is 10.6 Å². The van der Waals surface area contributed by atoms with Gasteiger partial charge < -0.3 is 25.4 Å². The standard InChI is InChI=1S/C13H21N3O5/c17-11(15-9-3-4-9)2-1-5-14-13(20)16-6-7-21-10(8-16)12(18)19/h9-10H,1-8H2,(H,14,20)(H,15,17)(H,18,19). The first-order valence-corrected chi connectivity index (χ1v) is 7.23. The fourth-order valence-electron chi connectivity index (χ4n) is 2.07. The molecular formula is C13H21N3O5. The summed E-state index contributed by atoms with van der Waals surface area (Å²) in [7, 11) is 0. The number of rotatable bonds is 6. The number of carbonyl (C=O) groups is 3. The van der Waals surface area contributed by atoms with Gasteiger partial charge in [-0.1, -0.05) is 0 Å². The highest BCUT2D eigenvalue weighted by molar-refractivity contribution is 5.78. The first-order valence-electron chi connectivity index (χ1n) is 7.23. The van der Waals surface area contributed by atoms with Gasteiger partial charge in [-0.15, -0.1) is 0 Å². The van der Waals surface area contributed by atoms with Crippen molar-refractivity contribution in [3.63, 3.8) is 0 Å². The lowest BCUT2D eigenvalue weighted by Gasteiger charge is -2.30. The molecule has 2 fully saturated rings. The number of nitrogens with one attached hydrogen (secondary N) is 2. The summed E-state index contributed by atoms with van der Waals surface area (Å²) in [6, 6.07) is 0.0422. The van der Waals surface area contributed by atoms with Crippen LogP contribution in [0.5, 0.6) is 0 Å². The highest BCUT2D eigenvalue weighted by Crippen LogP contribution is 2.18. The molecule has 0 aromatic carbocycles. The monoisotopic (exact) mass is 299 g/mol. The maximum absolute atomic E-state index is 11.9. The molecule has 1 aliphatic carbocycles. The number of ether oxygens (including phenoxy) is 1. The normalized spacial score (nSPS) is 21.7. The second-order valence-electron chi connectivity index (χ2n) is 5.32. The second kappa shape index (κ2) is 7.26. The quantitative estimate of drug-likeness (QED) is 0.575. The van der Waals surface area contributed by atoms with Crippen LogP contribution in [0.15, 0.2) is 0 Å². The predicted octanol–water partition coefficient (Wildman–Crippen LogP) is -0.460. The highest BCUT2D eigenvalue weighted by atomic mass is 16.5. The number of hydrogen-bond donors (Lipinski definition) is 3. The smallest absolute Gasteiger partial charge is 0.334 e. The van der Waals surface area contributed by atoms with Crippen molar-refractivity contribution < 1.29 is 24.2 Å². The zero-order valence-corrected chi connectivity index (χ0v) is 11.8. The van der Waals surface area contributed by atoms with E-state index < -0.39 is 12.1 Å². The van der Waals surface area contributed by atoms with Crippen LogP contribution in [-0.2, 0) is 14.3 Å². The molecule has 0 aromatic heterocycles. The van der Waals surface area contributed by atoms with Gasteiger partial charge in [0.2, 0.25) is 5.91 Å². The molecule has 0 radical (unpaired) electrons. The Bertz CT molecular complexity index is 411. The van der Waals surface area contributed by atoms with Crippen LogP contribution in [0, 0.1) is 0 Å². The van der Waals surface area contributed by atoms with E-state index >= 15 is 0 Å². The SMILES string of the molecule is O=C(CCCNC(=O)N1CCOC(C(=O)O)C1)NC1CC1. The maximum atomic E-state index is 11.9. The minimum absolute atomic E-state index is 0.0177. The molecule has 2 rings (SSSR count). The zero-order chi connectivity index (χ0) is 15.2. The van der Waals surface area contributed by atoms with Crippen LogP contribution in [-0.4, -0.2) is 66.3 Å². The van der Waals surface area contributed by atoms with Gasteiger partial charge in [0.05, 0.1) is 13.2 Å². The number of carboxylic acid groups (broad SMARTS) is 1. The molecule has 0 bridgehead atoms. The first-order chi connectivity index (χ1) is 10.1. The molecule has 2 aliphatic rings. The molecule has 3 N–H and O–H groups in total. The number of hydrogen-bond acceptors (Lipinski definition) is 4. The maximum Gasteiger partial charge on any atom is 0.334 e. The third kappa shape index (κ3) is 5.22. The average molecular weight is 299 g/mol. The average Bonchev–Trinajstić information content (AvgIpc) is 3.27. The molecule has 21 heavy (non-hydrogen) atoms. The summed E-state index contributed by atoms with van der Waals surface area (Å²) in [4.78, 5) is 35.6. The van der Waals surface area contributed by atoms with Crippen molar-refractivity contribution in [1.82, 2.24) is 15.5 Å². The Morgan fingerprint density at radius 3 is 2.71 bits per heavy atom. The lowest BCUT2D eigenvalue weighted by atomic mass is 10.2. The van der Waals surface area contributed by atoms with Gasteiger partial charge in [-0.3, -0.25) is 4.79 Å². The van der Waals surface area contributed by atoms with Gasteiger partial charge in [-0.2, -0.15) is 0 Å². The van der Waals surface area contributed by atoms with E-state index in [-0.39, 0.29) is 25.1 Å². The lowest BCUT2D eigenvalue weighted by Crippen LogP contribution is -2.51. The summed E-state index contributed by atoms with van der Waals surface area (Å²) in [5, 5.41) is 14.4. The Morgan fingerprint density at radius 1 is 1.29 bits per heavy atom. The molecule has 118 valence electrons. The number of aliphatic carboxylic acids is 1. The molecule has 0 spiro atoms. The molecule has 3 amide bonds. The van der Waals surface area contributed by atoms with Gasteiger partial charge in [-0.05, 0) is 19.3 Å². The van der Waals surface area contributed by atoms with E-state index in [1.807, 2.05) is 0 Å². The molecule has 1 aliphatic heterocycles. The summed E-state index contributed by atoms with van der Waals surface area (Å²) in [5.74, 6) is -1.05. The molecular weight excluding hydrogens is 278 g/mol. The second-order valence-corrected chi connectivity index (χ2v) is 5.32.